The summed E-state index contributed by atoms with van der Waals surface area (Å²) < 4.78 is 0. The summed E-state index contributed by atoms with van der Waals surface area (Å²) in [4.78, 5) is 18.1. The highest BCUT2D eigenvalue weighted by Gasteiger charge is 2.21. The second-order valence-corrected chi connectivity index (χ2v) is 8.62. The molecule has 1 aliphatic rings. The predicted octanol–water partition coefficient (Wildman–Crippen LogP) is 6.06. The molecule has 1 aliphatic heterocycles. The summed E-state index contributed by atoms with van der Waals surface area (Å²) in [5.74, 6) is -0.0250. The van der Waals surface area contributed by atoms with Crippen molar-refractivity contribution in [1.82, 2.24) is 0 Å². The summed E-state index contributed by atoms with van der Waals surface area (Å²) in [6, 6.07) is 8.67. The van der Waals surface area contributed by atoms with Crippen LogP contribution in [0.25, 0.3) is 0 Å². The maximum atomic E-state index is 12.1. The average molecular weight is 383 g/mol. The number of anilines is 1. The van der Waals surface area contributed by atoms with Crippen molar-refractivity contribution >= 4 is 28.0 Å². The molecule has 144 valence electrons. The third-order valence-electron chi connectivity index (χ3n) is 5.23. The van der Waals surface area contributed by atoms with E-state index in [-0.39, 0.29) is 12.5 Å². The van der Waals surface area contributed by atoms with Gasteiger partial charge in [0.25, 0.3) is 0 Å². The number of hydrogen-bond acceptors (Lipinski definition) is 3. The van der Waals surface area contributed by atoms with Crippen LogP contribution in [-0.4, -0.2) is 18.2 Å². The van der Waals surface area contributed by atoms with Crippen LogP contribution in [0.15, 0.2) is 29.3 Å². The molecule has 0 atom stereocenters. The molecule has 0 bridgehead atoms. The Labute approximate surface area is 166 Å². The standard InChI is InChI=1S/C23H30N2OS/c1-4-5-6-7-8-9-10-19-14-20-22(18-12-11-16(2)17(3)13-18)24-15-21(26)25-23(20)27-19/h11-14H,4-10,15H2,1-3H3,(H,25,26). The third kappa shape index (κ3) is 5.07. The van der Waals surface area contributed by atoms with Gasteiger partial charge in [-0.05, 0) is 49.9 Å². The lowest BCUT2D eigenvalue weighted by Gasteiger charge is -2.08. The minimum absolute atomic E-state index is 0.0250. The Bertz CT molecular complexity index is 835. The SMILES string of the molecule is CCCCCCCCc1cc2c(s1)NC(=O)CN=C2c1ccc(C)c(C)c1. The lowest BCUT2D eigenvalue weighted by atomic mass is 9.99. The molecule has 0 saturated heterocycles. The van der Waals surface area contributed by atoms with Gasteiger partial charge in [0.1, 0.15) is 11.5 Å². The molecule has 4 heteroatoms. The number of aliphatic imine (C=N–C) groups is 1. The molecule has 3 rings (SSSR count). The van der Waals surface area contributed by atoms with Gasteiger partial charge in [-0.15, -0.1) is 11.3 Å². The second-order valence-electron chi connectivity index (χ2n) is 7.49. The maximum absolute atomic E-state index is 12.1. The van der Waals surface area contributed by atoms with Crippen molar-refractivity contribution in [2.45, 2.75) is 65.7 Å². The van der Waals surface area contributed by atoms with Gasteiger partial charge in [0.15, 0.2) is 0 Å². The number of thiophene rings is 1. The number of nitrogens with zero attached hydrogens (tertiary/aromatic N) is 1. The van der Waals surface area contributed by atoms with Crippen molar-refractivity contribution in [2.24, 2.45) is 4.99 Å². The molecule has 1 amide bonds. The molecule has 3 nitrogen and oxygen atoms in total. The van der Waals surface area contributed by atoms with Crippen LogP contribution in [0.4, 0.5) is 5.00 Å². The first-order valence-corrected chi connectivity index (χ1v) is 10.9. The Morgan fingerprint density at radius 1 is 1.04 bits per heavy atom. The summed E-state index contributed by atoms with van der Waals surface area (Å²) in [5.41, 5.74) is 5.64. The topological polar surface area (TPSA) is 41.5 Å². The maximum Gasteiger partial charge on any atom is 0.246 e. The summed E-state index contributed by atoms with van der Waals surface area (Å²) in [6.45, 7) is 6.68. The fourth-order valence-electron chi connectivity index (χ4n) is 3.45. The van der Waals surface area contributed by atoms with Crippen molar-refractivity contribution in [1.29, 1.82) is 0 Å². The van der Waals surface area contributed by atoms with Gasteiger partial charge in [0, 0.05) is 16.0 Å². The number of amides is 1. The van der Waals surface area contributed by atoms with Gasteiger partial charge in [0.05, 0.1) is 5.71 Å². The zero-order valence-corrected chi connectivity index (χ0v) is 17.5. The summed E-state index contributed by atoms with van der Waals surface area (Å²) in [5, 5.41) is 4.01. The third-order valence-corrected chi connectivity index (χ3v) is 6.34. The molecular weight excluding hydrogens is 352 g/mol. The van der Waals surface area contributed by atoms with Crippen LogP contribution in [-0.2, 0) is 11.2 Å². The highest BCUT2D eigenvalue weighted by atomic mass is 32.1. The molecule has 0 aliphatic carbocycles. The lowest BCUT2D eigenvalue weighted by Crippen LogP contribution is -2.12. The first-order valence-electron chi connectivity index (χ1n) is 10.1. The van der Waals surface area contributed by atoms with E-state index in [2.05, 4.69) is 55.3 Å². The minimum Gasteiger partial charge on any atom is -0.316 e. The summed E-state index contributed by atoms with van der Waals surface area (Å²) in [6.07, 6.45) is 8.88. The van der Waals surface area contributed by atoms with E-state index in [9.17, 15) is 4.79 Å². The van der Waals surface area contributed by atoms with E-state index < -0.39 is 0 Å². The number of nitrogens with one attached hydrogen (secondary N) is 1. The monoisotopic (exact) mass is 382 g/mol. The van der Waals surface area contributed by atoms with Gasteiger partial charge in [-0.3, -0.25) is 9.79 Å². The van der Waals surface area contributed by atoms with Crippen LogP contribution in [0.5, 0.6) is 0 Å². The molecular formula is C23H30N2OS. The normalized spacial score (nSPS) is 13.7. The summed E-state index contributed by atoms with van der Waals surface area (Å²) in [7, 11) is 0. The molecule has 0 spiro atoms. The van der Waals surface area contributed by atoms with Crippen LogP contribution in [0.3, 0.4) is 0 Å². The fourth-order valence-corrected chi connectivity index (χ4v) is 4.57. The lowest BCUT2D eigenvalue weighted by molar-refractivity contribution is -0.114. The van der Waals surface area contributed by atoms with Crippen LogP contribution in [0.2, 0.25) is 0 Å². The molecule has 1 N–H and O–H groups in total. The number of benzene rings is 1. The zero-order valence-electron chi connectivity index (χ0n) is 16.7. The fraction of sp³-hybridized carbons (Fsp3) is 0.478. The first kappa shape index (κ1) is 19.8. The van der Waals surface area contributed by atoms with Crippen molar-refractivity contribution < 1.29 is 4.79 Å². The van der Waals surface area contributed by atoms with Crippen LogP contribution < -0.4 is 5.32 Å². The largest absolute Gasteiger partial charge is 0.316 e. The average Bonchev–Trinajstić information content (AvgIpc) is 2.96. The van der Waals surface area contributed by atoms with Gasteiger partial charge in [-0.2, -0.15) is 0 Å². The number of unbranched alkanes of at least 4 members (excludes halogenated alkanes) is 5. The van der Waals surface area contributed by atoms with E-state index >= 15 is 0 Å². The molecule has 2 aromatic rings. The van der Waals surface area contributed by atoms with E-state index in [1.165, 1.54) is 54.5 Å². The molecule has 0 radical (unpaired) electrons. The Balaban J connectivity index is 1.77. The van der Waals surface area contributed by atoms with E-state index in [0.717, 1.165) is 28.3 Å². The molecule has 0 saturated carbocycles. The Morgan fingerprint density at radius 3 is 2.59 bits per heavy atom. The van der Waals surface area contributed by atoms with Crippen molar-refractivity contribution in [2.75, 3.05) is 11.9 Å². The van der Waals surface area contributed by atoms with Crippen LogP contribution in [0.1, 0.15) is 72.6 Å². The van der Waals surface area contributed by atoms with E-state index in [1.54, 1.807) is 11.3 Å². The van der Waals surface area contributed by atoms with Gasteiger partial charge in [-0.25, -0.2) is 0 Å². The number of hydrogen-bond donors (Lipinski definition) is 1. The number of carbonyl (C=O) groups excluding carboxylic acids is 1. The number of carbonyl (C=O) groups is 1. The summed E-state index contributed by atoms with van der Waals surface area (Å²) >= 11 is 1.71. The molecule has 0 fully saturated rings. The van der Waals surface area contributed by atoms with Crippen molar-refractivity contribution in [3.05, 3.63) is 51.4 Å². The van der Waals surface area contributed by atoms with Crippen LogP contribution >= 0.6 is 11.3 Å². The Morgan fingerprint density at radius 2 is 1.81 bits per heavy atom. The van der Waals surface area contributed by atoms with Gasteiger partial charge < -0.3 is 5.32 Å². The second kappa shape index (κ2) is 9.32. The van der Waals surface area contributed by atoms with E-state index in [4.69, 9.17) is 0 Å². The Kier molecular flexibility index (Phi) is 6.84. The molecule has 0 unspecified atom stereocenters. The smallest absolute Gasteiger partial charge is 0.246 e. The van der Waals surface area contributed by atoms with Crippen LogP contribution in [0, 0.1) is 13.8 Å². The highest BCUT2D eigenvalue weighted by molar-refractivity contribution is 7.16. The number of fused-ring (bicyclic) bond motifs is 1. The number of rotatable bonds is 8. The molecule has 1 aromatic heterocycles. The van der Waals surface area contributed by atoms with E-state index in [0.29, 0.717) is 0 Å². The minimum atomic E-state index is -0.0250. The number of aryl methyl sites for hydroxylation is 3. The first-order chi connectivity index (χ1) is 13.1. The molecule has 27 heavy (non-hydrogen) atoms. The quantitative estimate of drug-likeness (QED) is 0.554. The Hall–Kier alpha value is -1.94. The zero-order chi connectivity index (χ0) is 19.2. The van der Waals surface area contributed by atoms with Crippen molar-refractivity contribution in [3.8, 4) is 0 Å². The molecule has 1 aromatic carbocycles. The highest BCUT2D eigenvalue weighted by Crippen LogP contribution is 2.33. The van der Waals surface area contributed by atoms with Gasteiger partial charge >= 0.3 is 0 Å². The predicted molar refractivity (Wildman–Crippen MR) is 116 cm³/mol. The molecule has 2 heterocycles. The van der Waals surface area contributed by atoms with E-state index in [1.807, 2.05) is 0 Å². The van der Waals surface area contributed by atoms with Gasteiger partial charge in [-0.1, -0.05) is 51.2 Å². The van der Waals surface area contributed by atoms with Crippen molar-refractivity contribution in [3.63, 3.8) is 0 Å². The van der Waals surface area contributed by atoms with Gasteiger partial charge in [0.2, 0.25) is 5.91 Å².